The number of sulfonamides is 2. The van der Waals surface area contributed by atoms with Crippen molar-refractivity contribution in [3.05, 3.63) is 24.3 Å². The molecule has 9 heteroatoms. The number of benzene rings is 1. The molecule has 0 radical (unpaired) electrons. The summed E-state index contributed by atoms with van der Waals surface area (Å²) in [5, 5.41) is 8.24. The van der Waals surface area contributed by atoms with Gasteiger partial charge in [0.1, 0.15) is 0 Å². The first-order chi connectivity index (χ1) is 9.79. The highest BCUT2D eigenvalue weighted by Crippen LogP contribution is 2.15. The van der Waals surface area contributed by atoms with E-state index in [1.54, 1.807) is 0 Å². The maximum absolute atomic E-state index is 12.2. The van der Waals surface area contributed by atoms with Gasteiger partial charge in [0.25, 0.3) is 0 Å². The second kappa shape index (κ2) is 6.41. The monoisotopic (exact) mass is 333 g/mol. The van der Waals surface area contributed by atoms with Crippen molar-refractivity contribution in [2.75, 3.05) is 13.1 Å². The minimum absolute atomic E-state index is 0.106. The quantitative estimate of drug-likeness (QED) is 0.687. The van der Waals surface area contributed by atoms with Gasteiger partial charge in [0.2, 0.25) is 20.0 Å². The summed E-state index contributed by atoms with van der Waals surface area (Å²) in [6.45, 7) is 1.16. The molecule has 7 nitrogen and oxygen atoms in total. The summed E-state index contributed by atoms with van der Waals surface area (Å²) < 4.78 is 49.4. The van der Waals surface area contributed by atoms with Gasteiger partial charge in [-0.05, 0) is 37.6 Å². The van der Waals surface area contributed by atoms with Crippen molar-refractivity contribution in [1.29, 1.82) is 0 Å². The third-order valence-electron chi connectivity index (χ3n) is 3.38. The molecule has 21 heavy (non-hydrogen) atoms. The van der Waals surface area contributed by atoms with Crippen LogP contribution in [0.25, 0.3) is 0 Å². The second-order valence-corrected chi connectivity index (χ2v) is 8.35. The number of primary sulfonamides is 1. The molecule has 0 amide bonds. The van der Waals surface area contributed by atoms with Crippen LogP contribution in [-0.4, -0.2) is 36.0 Å². The predicted molar refractivity (Wildman–Crippen MR) is 78.6 cm³/mol. The highest BCUT2D eigenvalue weighted by Gasteiger charge is 2.20. The Kier molecular flexibility index (Phi) is 4.99. The minimum atomic E-state index is -3.93. The highest BCUT2D eigenvalue weighted by molar-refractivity contribution is 7.90. The molecule has 1 aromatic carbocycles. The van der Waals surface area contributed by atoms with E-state index in [1.165, 1.54) is 18.2 Å². The largest absolute Gasteiger partial charge is 0.313 e. The van der Waals surface area contributed by atoms with Gasteiger partial charge < -0.3 is 5.32 Å². The Bertz CT molecular complexity index is 695. The highest BCUT2D eigenvalue weighted by atomic mass is 32.2. The molecule has 1 saturated heterocycles. The van der Waals surface area contributed by atoms with Crippen LogP contribution in [0.15, 0.2) is 34.1 Å². The van der Waals surface area contributed by atoms with Gasteiger partial charge in [0.05, 0.1) is 9.79 Å². The minimum Gasteiger partial charge on any atom is -0.313 e. The first kappa shape index (κ1) is 16.4. The Morgan fingerprint density at radius 3 is 2.52 bits per heavy atom. The van der Waals surface area contributed by atoms with Gasteiger partial charge in [-0.15, -0.1) is 0 Å². The average molecular weight is 333 g/mol. The maximum atomic E-state index is 12.2. The van der Waals surface area contributed by atoms with Gasteiger partial charge in [0.15, 0.2) is 0 Å². The van der Waals surface area contributed by atoms with Crippen LogP contribution >= 0.6 is 0 Å². The molecule has 118 valence electrons. The normalized spacial score (nSPS) is 20.3. The molecule has 1 aliphatic heterocycles. The molecule has 1 aromatic rings. The second-order valence-electron chi connectivity index (χ2n) is 5.02. The predicted octanol–water partition coefficient (Wildman–Crippen LogP) is -0.246. The molecule has 1 atom stereocenters. The third kappa shape index (κ3) is 4.48. The lowest BCUT2D eigenvalue weighted by atomic mass is 10.1. The molecule has 1 heterocycles. The van der Waals surface area contributed by atoms with Gasteiger partial charge in [-0.3, -0.25) is 0 Å². The first-order valence-electron chi connectivity index (χ1n) is 6.65. The Hall–Kier alpha value is -1.00. The van der Waals surface area contributed by atoms with Crippen molar-refractivity contribution in [1.82, 2.24) is 10.0 Å². The van der Waals surface area contributed by atoms with Crippen molar-refractivity contribution in [3.63, 3.8) is 0 Å². The molecule has 0 bridgehead atoms. The van der Waals surface area contributed by atoms with Crippen LogP contribution in [0, 0.1) is 0 Å². The van der Waals surface area contributed by atoms with Crippen LogP contribution < -0.4 is 15.2 Å². The van der Waals surface area contributed by atoms with E-state index in [0.29, 0.717) is 0 Å². The number of nitrogens with one attached hydrogen (secondary N) is 2. The molecule has 2 rings (SSSR count). The number of rotatable bonds is 5. The lowest BCUT2D eigenvalue weighted by molar-refractivity contribution is 0.398. The van der Waals surface area contributed by atoms with E-state index < -0.39 is 20.0 Å². The molecule has 1 fully saturated rings. The molecule has 4 N–H and O–H groups in total. The smallest absolute Gasteiger partial charge is 0.240 e. The number of piperidine rings is 1. The molecule has 0 aromatic heterocycles. The zero-order chi connectivity index (χ0) is 15.5. The Morgan fingerprint density at radius 2 is 1.90 bits per heavy atom. The van der Waals surface area contributed by atoms with Crippen LogP contribution in [0.1, 0.15) is 19.3 Å². The Labute approximate surface area is 125 Å². The Morgan fingerprint density at radius 1 is 1.19 bits per heavy atom. The number of nitrogens with two attached hydrogens (primary N) is 1. The fraction of sp³-hybridized carbons (Fsp3) is 0.500. The van der Waals surface area contributed by atoms with Crippen LogP contribution in [0.2, 0.25) is 0 Å². The van der Waals surface area contributed by atoms with Crippen LogP contribution in [0.3, 0.4) is 0 Å². The summed E-state index contributed by atoms with van der Waals surface area (Å²) in [7, 11) is -7.68. The fourth-order valence-electron chi connectivity index (χ4n) is 2.21. The molecule has 0 spiro atoms. The molecular formula is C12H19N3O4S2. The average Bonchev–Trinajstić information content (AvgIpc) is 2.46. The van der Waals surface area contributed by atoms with Gasteiger partial charge in [-0.25, -0.2) is 26.7 Å². The number of hydrogen-bond donors (Lipinski definition) is 3. The zero-order valence-electron chi connectivity index (χ0n) is 11.4. The fourth-order valence-corrected chi connectivity index (χ4v) is 3.97. The SMILES string of the molecule is NS(=O)(=O)c1cccc(S(=O)(=O)NCC2CCCCN2)c1. The maximum Gasteiger partial charge on any atom is 0.240 e. The van der Waals surface area contributed by atoms with E-state index in [2.05, 4.69) is 10.0 Å². The third-order valence-corrected chi connectivity index (χ3v) is 5.71. The van der Waals surface area contributed by atoms with Crippen molar-refractivity contribution in [2.24, 2.45) is 5.14 Å². The van der Waals surface area contributed by atoms with Crippen LogP contribution in [0.4, 0.5) is 0 Å². The zero-order valence-corrected chi connectivity index (χ0v) is 13.1. The van der Waals surface area contributed by atoms with Crippen molar-refractivity contribution < 1.29 is 16.8 Å². The molecule has 0 saturated carbocycles. The molecule has 0 aliphatic carbocycles. The lowest BCUT2D eigenvalue weighted by Crippen LogP contribution is -2.43. The van der Waals surface area contributed by atoms with Gasteiger partial charge in [0, 0.05) is 12.6 Å². The molecule has 1 unspecified atom stereocenters. The summed E-state index contributed by atoms with van der Waals surface area (Å²) in [6, 6.07) is 5.12. The first-order valence-corrected chi connectivity index (χ1v) is 9.68. The van der Waals surface area contributed by atoms with E-state index in [0.717, 1.165) is 31.9 Å². The van der Waals surface area contributed by atoms with Crippen molar-refractivity contribution in [3.8, 4) is 0 Å². The van der Waals surface area contributed by atoms with Crippen LogP contribution in [0.5, 0.6) is 0 Å². The summed E-state index contributed by atoms with van der Waals surface area (Å²) in [5.74, 6) is 0. The summed E-state index contributed by atoms with van der Waals surface area (Å²) >= 11 is 0. The number of hydrogen-bond acceptors (Lipinski definition) is 5. The summed E-state index contributed by atoms with van der Waals surface area (Å²) in [6.07, 6.45) is 3.08. The van der Waals surface area contributed by atoms with Gasteiger partial charge >= 0.3 is 0 Å². The van der Waals surface area contributed by atoms with E-state index in [9.17, 15) is 16.8 Å². The molecule has 1 aliphatic rings. The van der Waals surface area contributed by atoms with Crippen molar-refractivity contribution >= 4 is 20.0 Å². The van der Waals surface area contributed by atoms with Crippen LogP contribution in [-0.2, 0) is 20.0 Å². The standard InChI is InChI=1S/C12H19N3O4S2/c13-20(16,17)11-5-3-6-12(8-11)21(18,19)15-9-10-4-1-2-7-14-10/h3,5-6,8,10,14-15H,1-2,4,7,9H2,(H2,13,16,17). The topological polar surface area (TPSA) is 118 Å². The summed E-state index contributed by atoms with van der Waals surface area (Å²) in [5.41, 5.74) is 0. The van der Waals surface area contributed by atoms with Gasteiger partial charge in [-0.2, -0.15) is 0 Å². The molecular weight excluding hydrogens is 314 g/mol. The lowest BCUT2D eigenvalue weighted by Gasteiger charge is -2.23. The van der Waals surface area contributed by atoms with E-state index in [1.807, 2.05) is 0 Å². The van der Waals surface area contributed by atoms with E-state index >= 15 is 0 Å². The van der Waals surface area contributed by atoms with E-state index in [4.69, 9.17) is 5.14 Å². The van der Waals surface area contributed by atoms with Gasteiger partial charge in [-0.1, -0.05) is 12.5 Å². The van der Waals surface area contributed by atoms with E-state index in [-0.39, 0.29) is 22.4 Å². The van der Waals surface area contributed by atoms with Crippen molar-refractivity contribution in [2.45, 2.75) is 35.1 Å². The summed E-state index contributed by atoms with van der Waals surface area (Å²) in [4.78, 5) is -0.328. The Balaban J connectivity index is 2.12.